The van der Waals surface area contributed by atoms with E-state index in [9.17, 15) is 56.7 Å². The average Bonchev–Trinajstić information content (AvgIpc) is 3.35. The molecular weight excluding hydrogens is 969 g/mol. The lowest BCUT2D eigenvalue weighted by Crippen LogP contribution is -2.55. The van der Waals surface area contributed by atoms with Crippen LogP contribution in [0.4, 0.5) is 5.82 Å². The molecule has 3 aromatic carbocycles. The molecule has 3 atom stereocenters. The molecule has 0 bridgehead atoms. The number of carboxylic acid groups (broad SMARTS) is 3. The van der Waals surface area contributed by atoms with Crippen molar-refractivity contribution in [3.63, 3.8) is 0 Å². The van der Waals surface area contributed by atoms with Crippen molar-refractivity contribution in [3.05, 3.63) is 127 Å². The Bertz CT molecular complexity index is 2850. The zero-order valence-corrected chi connectivity index (χ0v) is 40.5. The van der Waals surface area contributed by atoms with Crippen molar-refractivity contribution < 1.29 is 66.6 Å². The van der Waals surface area contributed by atoms with Gasteiger partial charge in [-0.2, -0.15) is 13.5 Å². The number of unbranched alkanes of at least 4 members (excludes halogenated alkanes) is 1. The fourth-order valence-electron chi connectivity index (χ4n) is 7.12. The van der Waals surface area contributed by atoms with Gasteiger partial charge in [-0.1, -0.05) is 92.7 Å². The minimum atomic E-state index is -4.53. The number of nitrogens with zero attached hydrogens (tertiary/aromatic N) is 4. The number of pyridine rings is 2. The van der Waals surface area contributed by atoms with Crippen molar-refractivity contribution in [2.45, 2.75) is 81.9 Å². The van der Waals surface area contributed by atoms with E-state index >= 15 is 0 Å². The molecule has 384 valence electrons. The van der Waals surface area contributed by atoms with E-state index in [0.717, 1.165) is 28.6 Å². The summed E-state index contributed by atoms with van der Waals surface area (Å²) in [6.07, 6.45) is -0.0151. The Morgan fingerprint density at radius 1 is 0.699 bits per heavy atom. The highest BCUT2D eigenvalue weighted by Gasteiger charge is 2.32. The lowest BCUT2D eigenvalue weighted by molar-refractivity contribution is -0.148. The number of benzene rings is 3. The van der Waals surface area contributed by atoms with E-state index in [4.69, 9.17) is 14.8 Å². The van der Waals surface area contributed by atoms with E-state index in [2.05, 4.69) is 31.2 Å². The molecule has 22 nitrogen and oxygen atoms in total. The summed E-state index contributed by atoms with van der Waals surface area (Å²) in [5.41, 5.74) is 3.13. The number of ether oxygens (including phenoxy) is 1. The van der Waals surface area contributed by atoms with Gasteiger partial charge in [0.05, 0.1) is 48.6 Å². The second-order valence-electron chi connectivity index (χ2n) is 17.3. The lowest BCUT2D eigenvalue weighted by atomic mass is 9.87. The molecule has 5 rings (SSSR count). The van der Waals surface area contributed by atoms with Crippen LogP contribution in [0.3, 0.4) is 0 Å². The summed E-state index contributed by atoms with van der Waals surface area (Å²) in [5.74, 6) is -8.65. The van der Waals surface area contributed by atoms with E-state index in [0.29, 0.717) is 31.7 Å². The Labute approximate surface area is 419 Å². The van der Waals surface area contributed by atoms with E-state index < -0.39 is 94.5 Å². The number of amides is 4. The van der Waals surface area contributed by atoms with Gasteiger partial charge in [-0.15, -0.1) is 5.11 Å². The summed E-state index contributed by atoms with van der Waals surface area (Å²) < 4.78 is 39.1. The molecule has 0 aliphatic heterocycles. The first-order valence-corrected chi connectivity index (χ1v) is 24.1. The Morgan fingerprint density at radius 2 is 1.33 bits per heavy atom. The maximum atomic E-state index is 13.9. The second kappa shape index (κ2) is 26.1. The number of carbonyl (C=O) groups is 7. The maximum absolute atomic E-state index is 13.9. The van der Waals surface area contributed by atoms with E-state index in [1.165, 1.54) is 30.3 Å². The van der Waals surface area contributed by atoms with Crippen LogP contribution >= 0.6 is 0 Å². The third-order valence-electron chi connectivity index (χ3n) is 10.9. The van der Waals surface area contributed by atoms with Gasteiger partial charge >= 0.3 is 17.9 Å². The maximum Gasteiger partial charge on any atom is 0.326 e. The van der Waals surface area contributed by atoms with Crippen LogP contribution < -0.4 is 26.0 Å². The molecule has 0 saturated heterocycles. The molecule has 23 heteroatoms. The Morgan fingerprint density at radius 3 is 1.96 bits per heavy atom. The molecule has 73 heavy (non-hydrogen) atoms. The Hall–Kier alpha value is -8.44. The quantitative estimate of drug-likeness (QED) is 0.0190. The topological polar surface area (TPSA) is 342 Å². The third kappa shape index (κ3) is 18.0. The molecule has 0 saturated carbocycles. The highest BCUT2D eigenvalue weighted by molar-refractivity contribution is 7.85. The van der Waals surface area contributed by atoms with Crippen LogP contribution in [-0.4, -0.2) is 111 Å². The SMILES string of the molecule is CC(C)(CCCCOc1cc(-c2ccccc2)cc(-c2ccccc2)n1)CNC(=O)C(CC(=O)NC(CC(=O)O)C(=O)NC(CC(=O)O)C(=O)O)NC(=O)c1ccc(N=NCc2ccccc2S(=O)(=O)O)nc1. The number of aromatic nitrogens is 2. The van der Waals surface area contributed by atoms with Gasteiger partial charge in [-0.25, -0.2) is 14.8 Å². The Kier molecular flexibility index (Phi) is 19.9. The predicted molar refractivity (Wildman–Crippen MR) is 262 cm³/mol. The number of carboxylic acids is 3. The molecule has 3 unspecified atom stereocenters. The molecule has 0 spiro atoms. The summed E-state index contributed by atoms with van der Waals surface area (Å²) in [7, 11) is -4.53. The summed E-state index contributed by atoms with van der Waals surface area (Å²) in [6, 6.07) is 26.1. The van der Waals surface area contributed by atoms with Crippen LogP contribution in [0, 0.1) is 5.41 Å². The van der Waals surface area contributed by atoms with Gasteiger partial charge in [0.25, 0.3) is 16.0 Å². The van der Waals surface area contributed by atoms with Crippen LogP contribution in [0.5, 0.6) is 5.88 Å². The second-order valence-corrected chi connectivity index (χ2v) is 18.7. The first-order chi connectivity index (χ1) is 34.7. The van der Waals surface area contributed by atoms with Crippen molar-refractivity contribution in [2.24, 2.45) is 15.6 Å². The predicted octanol–water partition coefficient (Wildman–Crippen LogP) is 5.23. The normalized spacial score (nSPS) is 12.7. The molecule has 5 aromatic rings. The minimum absolute atomic E-state index is 0.00859. The highest BCUT2D eigenvalue weighted by atomic mass is 32.2. The molecule has 2 aromatic heterocycles. The summed E-state index contributed by atoms with van der Waals surface area (Å²) in [6.45, 7) is 3.94. The van der Waals surface area contributed by atoms with Crippen molar-refractivity contribution >= 4 is 57.5 Å². The lowest BCUT2D eigenvalue weighted by Gasteiger charge is -2.27. The van der Waals surface area contributed by atoms with Crippen LogP contribution in [-0.2, 0) is 45.4 Å². The van der Waals surface area contributed by atoms with Crippen molar-refractivity contribution in [1.82, 2.24) is 31.2 Å². The zero-order valence-electron chi connectivity index (χ0n) is 39.6. The number of rotatable bonds is 27. The molecule has 0 aliphatic rings. The standard InChI is InChI=1S/C50H54N8O14S/c1-50(2,21-11-12-22-72-43-24-35(31-13-5-3-6-14-31)23-36(55-43)32-15-7-4-8-16-32)30-52-47(65)37(25-42(59)54-38(26-44(60)61)48(66)57-39(49(67)68)27-45(62)63)56-46(64)34-19-20-41(51-28-34)58-53-29-33-17-9-10-18-40(33)73(69,70)71/h3-10,13-20,23-24,28,37-39H,11-12,21-22,25-27,29-30H2,1-2H3,(H,52,65)(H,54,59)(H,56,64)(H,57,66)(H,60,61)(H,62,63)(H,67,68)(H,69,70,71). The molecule has 0 radical (unpaired) electrons. The van der Waals surface area contributed by atoms with Crippen molar-refractivity contribution in [1.29, 1.82) is 0 Å². The number of hydrogen-bond acceptors (Lipinski definition) is 14. The van der Waals surface area contributed by atoms with Crippen molar-refractivity contribution in [2.75, 3.05) is 13.2 Å². The number of hydrogen-bond donors (Lipinski definition) is 8. The van der Waals surface area contributed by atoms with E-state index in [1.807, 2.05) is 92.0 Å². The van der Waals surface area contributed by atoms with Gasteiger partial charge in [-0.3, -0.25) is 33.3 Å². The van der Waals surface area contributed by atoms with Crippen molar-refractivity contribution in [3.8, 4) is 28.3 Å². The van der Waals surface area contributed by atoms with E-state index in [1.54, 1.807) is 6.07 Å². The van der Waals surface area contributed by atoms with Crippen LogP contribution in [0.1, 0.15) is 68.3 Å². The summed E-state index contributed by atoms with van der Waals surface area (Å²) >= 11 is 0. The molecule has 0 fully saturated rings. The van der Waals surface area contributed by atoms with Crippen LogP contribution in [0.25, 0.3) is 22.4 Å². The minimum Gasteiger partial charge on any atom is -0.481 e. The molecule has 4 amide bonds. The van der Waals surface area contributed by atoms with E-state index in [-0.39, 0.29) is 34.9 Å². The summed E-state index contributed by atoms with van der Waals surface area (Å²) in [5, 5.41) is 45.0. The fourth-order valence-corrected chi connectivity index (χ4v) is 7.84. The summed E-state index contributed by atoms with van der Waals surface area (Å²) in [4.78, 5) is 96.8. The average molecular weight is 1020 g/mol. The number of azo groups is 1. The van der Waals surface area contributed by atoms with Gasteiger partial charge in [0.1, 0.15) is 18.1 Å². The first-order valence-electron chi connectivity index (χ1n) is 22.7. The first kappa shape index (κ1) is 55.5. The third-order valence-corrected chi connectivity index (χ3v) is 11.9. The largest absolute Gasteiger partial charge is 0.481 e. The highest BCUT2D eigenvalue weighted by Crippen LogP contribution is 2.29. The fraction of sp³-hybridized carbons (Fsp3) is 0.300. The van der Waals surface area contributed by atoms with Crippen LogP contribution in [0.2, 0.25) is 0 Å². The number of aliphatic carboxylic acids is 3. The van der Waals surface area contributed by atoms with Gasteiger partial charge in [0, 0.05) is 24.4 Å². The zero-order chi connectivity index (χ0) is 53.1. The monoisotopic (exact) mass is 1020 g/mol. The molecular formula is C50H54N8O14S. The smallest absolute Gasteiger partial charge is 0.326 e. The Balaban J connectivity index is 1.24. The molecule has 0 aliphatic carbocycles. The van der Waals surface area contributed by atoms with Gasteiger partial charge < -0.3 is 41.3 Å². The van der Waals surface area contributed by atoms with Gasteiger partial charge in [0.2, 0.25) is 23.6 Å². The molecule has 2 heterocycles. The van der Waals surface area contributed by atoms with Crippen LogP contribution in [0.15, 0.2) is 131 Å². The number of nitrogens with one attached hydrogen (secondary N) is 4. The molecule has 8 N–H and O–H groups in total. The van der Waals surface area contributed by atoms with Gasteiger partial charge in [-0.05, 0) is 65.6 Å². The van der Waals surface area contributed by atoms with Gasteiger partial charge in [0.15, 0.2) is 5.82 Å². The number of carbonyl (C=O) groups excluding carboxylic acids is 4.